The highest BCUT2D eigenvalue weighted by Crippen LogP contribution is 2.40. The largest absolute Gasteiger partial charge is 0.507 e. The highest BCUT2D eigenvalue weighted by atomic mass is 19.4. The minimum Gasteiger partial charge on any atom is -0.507 e. The number of alkyl halides is 3. The van der Waals surface area contributed by atoms with Crippen molar-refractivity contribution >= 4 is 5.82 Å². The number of rotatable bonds is 3. The fourth-order valence-electron chi connectivity index (χ4n) is 4.18. The molecule has 1 heterocycles. The maximum Gasteiger partial charge on any atom is 0.416 e. The van der Waals surface area contributed by atoms with Crippen LogP contribution in [0.15, 0.2) is 18.2 Å². The van der Waals surface area contributed by atoms with E-state index in [1.165, 1.54) is 6.07 Å². The van der Waals surface area contributed by atoms with Crippen molar-refractivity contribution in [1.29, 1.82) is 0 Å². The minimum atomic E-state index is -4.52. The number of benzene rings is 1. The zero-order chi connectivity index (χ0) is 19.9. The quantitative estimate of drug-likeness (QED) is 0.733. The summed E-state index contributed by atoms with van der Waals surface area (Å²) < 4.78 is 38.6. The summed E-state index contributed by atoms with van der Waals surface area (Å²) in [6, 6.07) is 2.85. The zero-order valence-electron chi connectivity index (χ0n) is 15.3. The smallest absolute Gasteiger partial charge is 0.416 e. The first kappa shape index (κ1) is 19.0. The Morgan fingerprint density at radius 3 is 2.46 bits per heavy atom. The SMILES string of the molecule is Oc1cc(C(F)(F)F)ccc1-c1nnc(NC2CCCCC2O)c2c1CCC2. The molecule has 150 valence electrons. The van der Waals surface area contributed by atoms with Gasteiger partial charge in [0.1, 0.15) is 11.4 Å². The van der Waals surface area contributed by atoms with Gasteiger partial charge in [-0.15, -0.1) is 10.2 Å². The minimum absolute atomic E-state index is 0.0712. The lowest BCUT2D eigenvalue weighted by molar-refractivity contribution is -0.137. The number of aromatic nitrogens is 2. The molecule has 3 N–H and O–H groups in total. The van der Waals surface area contributed by atoms with Crippen LogP contribution in [0.3, 0.4) is 0 Å². The van der Waals surface area contributed by atoms with E-state index in [2.05, 4.69) is 15.5 Å². The molecule has 1 aromatic heterocycles. The summed E-state index contributed by atoms with van der Waals surface area (Å²) in [6.45, 7) is 0. The van der Waals surface area contributed by atoms with Gasteiger partial charge in [0.05, 0.1) is 17.7 Å². The van der Waals surface area contributed by atoms with Gasteiger partial charge in [-0.05, 0) is 55.9 Å². The van der Waals surface area contributed by atoms with Crippen LogP contribution in [0, 0.1) is 0 Å². The third kappa shape index (κ3) is 3.53. The Morgan fingerprint density at radius 1 is 1.00 bits per heavy atom. The second-order valence-corrected chi connectivity index (χ2v) is 7.54. The molecule has 2 atom stereocenters. The van der Waals surface area contributed by atoms with Crippen molar-refractivity contribution in [3.63, 3.8) is 0 Å². The predicted molar refractivity (Wildman–Crippen MR) is 98.0 cm³/mol. The molecule has 2 aromatic rings. The van der Waals surface area contributed by atoms with Crippen molar-refractivity contribution in [3.8, 4) is 17.0 Å². The molecule has 0 bridgehead atoms. The average Bonchev–Trinajstić information content (AvgIpc) is 3.13. The monoisotopic (exact) mass is 393 g/mol. The fraction of sp³-hybridized carbons (Fsp3) is 0.500. The first-order valence-electron chi connectivity index (χ1n) is 9.58. The maximum atomic E-state index is 12.9. The molecule has 2 aliphatic carbocycles. The molecule has 2 aliphatic rings. The summed E-state index contributed by atoms with van der Waals surface area (Å²) in [5, 5.41) is 32.2. The van der Waals surface area contributed by atoms with Crippen LogP contribution in [0.1, 0.15) is 48.8 Å². The van der Waals surface area contributed by atoms with Crippen molar-refractivity contribution in [2.45, 2.75) is 63.3 Å². The topological polar surface area (TPSA) is 78.3 Å². The first-order chi connectivity index (χ1) is 13.3. The van der Waals surface area contributed by atoms with Crippen molar-refractivity contribution in [2.24, 2.45) is 0 Å². The lowest BCUT2D eigenvalue weighted by Crippen LogP contribution is -2.37. The van der Waals surface area contributed by atoms with Crippen LogP contribution in [0.5, 0.6) is 5.75 Å². The first-order valence-corrected chi connectivity index (χ1v) is 9.58. The van der Waals surface area contributed by atoms with E-state index < -0.39 is 23.6 Å². The molecular weight excluding hydrogens is 371 g/mol. The lowest BCUT2D eigenvalue weighted by Gasteiger charge is -2.29. The number of aromatic hydroxyl groups is 1. The Bertz CT molecular complexity index is 886. The molecule has 4 rings (SSSR count). The summed E-state index contributed by atoms with van der Waals surface area (Å²) in [7, 11) is 0. The molecule has 28 heavy (non-hydrogen) atoms. The van der Waals surface area contributed by atoms with E-state index in [9.17, 15) is 23.4 Å². The van der Waals surface area contributed by atoms with Gasteiger partial charge in [0.25, 0.3) is 0 Å². The number of fused-ring (bicyclic) bond motifs is 1. The summed E-state index contributed by atoms with van der Waals surface area (Å²) >= 11 is 0. The van der Waals surface area contributed by atoms with Gasteiger partial charge in [0, 0.05) is 11.1 Å². The molecule has 0 amide bonds. The fourth-order valence-corrected chi connectivity index (χ4v) is 4.18. The van der Waals surface area contributed by atoms with E-state index in [-0.39, 0.29) is 11.6 Å². The number of phenolic OH excluding ortho intramolecular Hbond substituents is 1. The number of aliphatic hydroxyl groups is 1. The lowest BCUT2D eigenvalue weighted by atomic mass is 9.92. The average molecular weight is 393 g/mol. The second-order valence-electron chi connectivity index (χ2n) is 7.54. The summed E-state index contributed by atoms with van der Waals surface area (Å²) in [6.07, 6.45) is 1.12. The summed E-state index contributed by atoms with van der Waals surface area (Å²) in [5.41, 5.74) is 1.65. The number of nitrogens with zero attached hydrogens (tertiary/aromatic N) is 2. The third-order valence-corrected chi connectivity index (χ3v) is 5.67. The molecule has 0 radical (unpaired) electrons. The van der Waals surface area contributed by atoms with Crippen LogP contribution in [0.4, 0.5) is 19.0 Å². The molecule has 1 saturated carbocycles. The van der Waals surface area contributed by atoms with Crippen LogP contribution in [-0.2, 0) is 19.0 Å². The van der Waals surface area contributed by atoms with E-state index in [1.54, 1.807) is 0 Å². The van der Waals surface area contributed by atoms with E-state index in [0.29, 0.717) is 11.5 Å². The number of aliphatic hydroxyl groups excluding tert-OH is 1. The van der Waals surface area contributed by atoms with Gasteiger partial charge in [-0.1, -0.05) is 12.8 Å². The number of hydrogen-bond donors (Lipinski definition) is 3. The molecule has 0 aliphatic heterocycles. The van der Waals surface area contributed by atoms with Gasteiger partial charge in [-0.25, -0.2) is 0 Å². The molecule has 0 spiro atoms. The van der Waals surface area contributed by atoms with Gasteiger partial charge in [0.2, 0.25) is 0 Å². The number of anilines is 1. The predicted octanol–water partition coefficient (Wildman–Crippen LogP) is 4.07. The van der Waals surface area contributed by atoms with E-state index >= 15 is 0 Å². The Balaban J connectivity index is 1.68. The van der Waals surface area contributed by atoms with Gasteiger partial charge in [-0.2, -0.15) is 13.2 Å². The Labute approximate surface area is 160 Å². The molecule has 1 aromatic carbocycles. The molecule has 5 nitrogen and oxygen atoms in total. The van der Waals surface area contributed by atoms with Gasteiger partial charge in [-0.3, -0.25) is 0 Å². The van der Waals surface area contributed by atoms with Crippen molar-refractivity contribution in [3.05, 3.63) is 34.9 Å². The maximum absolute atomic E-state index is 12.9. The number of nitrogens with one attached hydrogen (secondary N) is 1. The normalized spacial score (nSPS) is 22.1. The van der Waals surface area contributed by atoms with E-state index in [4.69, 9.17) is 0 Å². The molecule has 1 fully saturated rings. The van der Waals surface area contributed by atoms with Gasteiger partial charge in [0.15, 0.2) is 5.82 Å². The molecular formula is C20H22F3N3O2. The Hall–Kier alpha value is -2.35. The summed E-state index contributed by atoms with van der Waals surface area (Å²) in [4.78, 5) is 0. The standard InChI is InChI=1S/C20H22F3N3O2/c21-20(22,23)11-8-9-14(17(28)10-11)18-12-4-3-5-13(12)19(26-25-18)24-15-6-1-2-7-16(15)27/h8-10,15-16,27-28H,1-7H2,(H,24,26). The number of phenols is 1. The van der Waals surface area contributed by atoms with Crippen molar-refractivity contribution in [1.82, 2.24) is 10.2 Å². The van der Waals surface area contributed by atoms with Gasteiger partial charge < -0.3 is 15.5 Å². The van der Waals surface area contributed by atoms with Crippen LogP contribution in [0.2, 0.25) is 0 Å². The van der Waals surface area contributed by atoms with Crippen molar-refractivity contribution < 1.29 is 23.4 Å². The third-order valence-electron chi connectivity index (χ3n) is 5.67. The Kier molecular flexibility index (Phi) is 4.91. The van der Waals surface area contributed by atoms with Crippen molar-refractivity contribution in [2.75, 3.05) is 5.32 Å². The Morgan fingerprint density at radius 2 is 1.75 bits per heavy atom. The summed E-state index contributed by atoms with van der Waals surface area (Å²) in [5.74, 6) is 0.176. The highest BCUT2D eigenvalue weighted by molar-refractivity contribution is 5.73. The van der Waals surface area contributed by atoms with E-state index in [0.717, 1.165) is 68.2 Å². The van der Waals surface area contributed by atoms with Crippen LogP contribution in [0.25, 0.3) is 11.3 Å². The highest BCUT2D eigenvalue weighted by Gasteiger charge is 2.32. The number of hydrogen-bond acceptors (Lipinski definition) is 5. The van der Waals surface area contributed by atoms with Gasteiger partial charge >= 0.3 is 6.18 Å². The molecule has 2 unspecified atom stereocenters. The van der Waals surface area contributed by atoms with Crippen LogP contribution in [-0.4, -0.2) is 32.6 Å². The van der Waals surface area contributed by atoms with Crippen LogP contribution >= 0.6 is 0 Å². The second kappa shape index (κ2) is 7.24. The van der Waals surface area contributed by atoms with Crippen LogP contribution < -0.4 is 5.32 Å². The number of halogens is 3. The molecule has 8 heteroatoms. The molecule has 0 saturated heterocycles. The van der Waals surface area contributed by atoms with E-state index in [1.807, 2.05) is 0 Å². The zero-order valence-corrected chi connectivity index (χ0v) is 15.3.